The lowest BCUT2D eigenvalue weighted by Crippen LogP contribution is -2.49. The molecule has 0 bridgehead atoms. The highest BCUT2D eigenvalue weighted by atomic mass is 79.9. The fourth-order valence-corrected chi connectivity index (χ4v) is 2.40. The Kier molecular flexibility index (Phi) is 4.12. The number of amides is 1. The molecule has 92 valence electrons. The van der Waals surface area contributed by atoms with Crippen LogP contribution < -0.4 is 0 Å². The number of rotatable bonds is 2. The van der Waals surface area contributed by atoms with Crippen LogP contribution in [0.25, 0.3) is 0 Å². The van der Waals surface area contributed by atoms with Gasteiger partial charge < -0.3 is 9.64 Å². The third-order valence-electron chi connectivity index (χ3n) is 2.77. The van der Waals surface area contributed by atoms with E-state index in [1.54, 1.807) is 6.07 Å². The molecule has 1 aromatic heterocycles. The lowest BCUT2D eigenvalue weighted by Gasteiger charge is -2.34. The van der Waals surface area contributed by atoms with Gasteiger partial charge in [0.05, 0.1) is 19.3 Å². The molecular formula is C12H15BrN2O2. The van der Waals surface area contributed by atoms with Crippen LogP contribution in [-0.4, -0.2) is 46.9 Å². The summed E-state index contributed by atoms with van der Waals surface area (Å²) in [5, 5.41) is 0.727. The summed E-state index contributed by atoms with van der Waals surface area (Å²) in [5.41, 5.74) is 1.37. The van der Waals surface area contributed by atoms with Crippen LogP contribution in [0.5, 0.6) is 0 Å². The van der Waals surface area contributed by atoms with Crippen molar-refractivity contribution >= 4 is 21.8 Å². The standard InChI is InChI=1S/C12H15BrN2O2/c1-9-3-2-4-11(14-9)12(16)15-5-6-17-8-10(15)7-13/h2-4,10H,5-8H2,1H3. The number of carbonyl (C=O) groups excluding carboxylic acids is 1. The average molecular weight is 299 g/mol. The van der Waals surface area contributed by atoms with Gasteiger partial charge in [-0.3, -0.25) is 4.79 Å². The summed E-state index contributed by atoms with van der Waals surface area (Å²) in [7, 11) is 0. The second-order valence-electron chi connectivity index (χ2n) is 4.05. The second-order valence-corrected chi connectivity index (χ2v) is 4.69. The van der Waals surface area contributed by atoms with E-state index >= 15 is 0 Å². The van der Waals surface area contributed by atoms with Crippen LogP contribution in [0.2, 0.25) is 0 Å². The van der Waals surface area contributed by atoms with E-state index in [9.17, 15) is 4.79 Å². The molecule has 1 aliphatic heterocycles. The molecule has 5 heteroatoms. The molecule has 0 N–H and O–H groups in total. The summed E-state index contributed by atoms with van der Waals surface area (Å²) >= 11 is 3.41. The van der Waals surface area contributed by atoms with Crippen LogP contribution in [-0.2, 0) is 4.74 Å². The van der Waals surface area contributed by atoms with Crippen molar-refractivity contribution in [3.8, 4) is 0 Å². The van der Waals surface area contributed by atoms with Crippen LogP contribution in [0.3, 0.4) is 0 Å². The number of hydrogen-bond donors (Lipinski definition) is 0. The molecule has 1 fully saturated rings. The lowest BCUT2D eigenvalue weighted by atomic mass is 10.2. The van der Waals surface area contributed by atoms with Gasteiger partial charge in [0.15, 0.2) is 0 Å². The minimum Gasteiger partial charge on any atom is -0.377 e. The van der Waals surface area contributed by atoms with Gasteiger partial charge in [-0.05, 0) is 19.1 Å². The van der Waals surface area contributed by atoms with E-state index in [2.05, 4.69) is 20.9 Å². The Labute approximate surface area is 109 Å². The smallest absolute Gasteiger partial charge is 0.272 e. The van der Waals surface area contributed by atoms with Crippen molar-refractivity contribution in [2.45, 2.75) is 13.0 Å². The molecule has 0 aliphatic carbocycles. The summed E-state index contributed by atoms with van der Waals surface area (Å²) < 4.78 is 5.37. The highest BCUT2D eigenvalue weighted by Crippen LogP contribution is 2.13. The van der Waals surface area contributed by atoms with Crippen molar-refractivity contribution in [2.75, 3.05) is 25.1 Å². The van der Waals surface area contributed by atoms with Crippen LogP contribution in [0.1, 0.15) is 16.2 Å². The predicted molar refractivity (Wildman–Crippen MR) is 68.4 cm³/mol. The first kappa shape index (κ1) is 12.5. The van der Waals surface area contributed by atoms with Gasteiger partial charge in [0.2, 0.25) is 0 Å². The Balaban J connectivity index is 2.18. The van der Waals surface area contributed by atoms with Gasteiger partial charge in [0, 0.05) is 17.6 Å². The quantitative estimate of drug-likeness (QED) is 0.780. The highest BCUT2D eigenvalue weighted by molar-refractivity contribution is 9.09. The Bertz CT molecular complexity index is 411. The van der Waals surface area contributed by atoms with E-state index in [1.807, 2.05) is 24.0 Å². The zero-order chi connectivity index (χ0) is 12.3. The van der Waals surface area contributed by atoms with Crippen LogP contribution >= 0.6 is 15.9 Å². The molecule has 0 spiro atoms. The predicted octanol–water partition coefficient (Wildman–Crippen LogP) is 1.63. The molecule has 1 amide bonds. The first-order valence-corrected chi connectivity index (χ1v) is 6.73. The molecule has 0 radical (unpaired) electrons. The van der Waals surface area contributed by atoms with Crippen molar-refractivity contribution in [3.05, 3.63) is 29.6 Å². The monoisotopic (exact) mass is 298 g/mol. The number of aromatic nitrogens is 1. The third-order valence-corrected chi connectivity index (χ3v) is 3.52. The van der Waals surface area contributed by atoms with Gasteiger partial charge in [-0.1, -0.05) is 22.0 Å². The summed E-state index contributed by atoms with van der Waals surface area (Å²) in [6, 6.07) is 5.60. The molecule has 17 heavy (non-hydrogen) atoms. The Morgan fingerprint density at radius 1 is 1.65 bits per heavy atom. The normalized spacial score (nSPS) is 20.4. The van der Waals surface area contributed by atoms with Crippen molar-refractivity contribution in [1.29, 1.82) is 0 Å². The minimum atomic E-state index is -0.0125. The molecule has 0 aromatic carbocycles. The number of carbonyl (C=O) groups is 1. The van der Waals surface area contributed by atoms with Crippen molar-refractivity contribution in [2.24, 2.45) is 0 Å². The van der Waals surface area contributed by atoms with Crippen LogP contribution in [0.15, 0.2) is 18.2 Å². The van der Waals surface area contributed by atoms with E-state index in [1.165, 1.54) is 0 Å². The number of morpholine rings is 1. The molecule has 1 aromatic rings. The maximum absolute atomic E-state index is 12.3. The van der Waals surface area contributed by atoms with Gasteiger partial charge in [0.25, 0.3) is 5.91 Å². The maximum atomic E-state index is 12.3. The van der Waals surface area contributed by atoms with Crippen molar-refractivity contribution in [3.63, 3.8) is 0 Å². The van der Waals surface area contributed by atoms with E-state index < -0.39 is 0 Å². The summed E-state index contributed by atoms with van der Waals surface area (Å²) in [4.78, 5) is 18.4. The van der Waals surface area contributed by atoms with Crippen molar-refractivity contribution in [1.82, 2.24) is 9.88 Å². The maximum Gasteiger partial charge on any atom is 0.272 e. The van der Waals surface area contributed by atoms with Gasteiger partial charge in [0.1, 0.15) is 5.69 Å². The van der Waals surface area contributed by atoms with Gasteiger partial charge in [-0.25, -0.2) is 4.98 Å². The third kappa shape index (κ3) is 2.84. The Hall–Kier alpha value is -0.940. The molecular weight excluding hydrogens is 284 g/mol. The second kappa shape index (κ2) is 5.60. The van der Waals surface area contributed by atoms with E-state index in [0.717, 1.165) is 11.0 Å². The summed E-state index contributed by atoms with van der Waals surface area (Å²) in [6.45, 7) is 3.70. The largest absolute Gasteiger partial charge is 0.377 e. The zero-order valence-corrected chi connectivity index (χ0v) is 11.3. The van der Waals surface area contributed by atoms with E-state index in [4.69, 9.17) is 4.74 Å². The Morgan fingerprint density at radius 3 is 3.18 bits per heavy atom. The number of aryl methyl sites for hydroxylation is 1. The molecule has 1 atom stereocenters. The van der Waals surface area contributed by atoms with Gasteiger partial charge in [-0.2, -0.15) is 0 Å². The molecule has 1 saturated heterocycles. The fourth-order valence-electron chi connectivity index (χ4n) is 1.86. The fraction of sp³-hybridized carbons (Fsp3) is 0.500. The summed E-state index contributed by atoms with van der Waals surface area (Å²) in [6.07, 6.45) is 0. The minimum absolute atomic E-state index is 0.0125. The Morgan fingerprint density at radius 2 is 2.47 bits per heavy atom. The topological polar surface area (TPSA) is 42.4 Å². The number of nitrogens with zero attached hydrogens (tertiary/aromatic N) is 2. The average Bonchev–Trinajstić information content (AvgIpc) is 2.38. The van der Waals surface area contributed by atoms with Crippen LogP contribution in [0.4, 0.5) is 0 Å². The molecule has 2 heterocycles. The highest BCUT2D eigenvalue weighted by Gasteiger charge is 2.27. The number of ether oxygens (including phenoxy) is 1. The van der Waals surface area contributed by atoms with E-state index in [-0.39, 0.29) is 11.9 Å². The number of hydrogen-bond acceptors (Lipinski definition) is 3. The molecule has 0 saturated carbocycles. The van der Waals surface area contributed by atoms with Crippen molar-refractivity contribution < 1.29 is 9.53 Å². The van der Waals surface area contributed by atoms with Gasteiger partial charge in [-0.15, -0.1) is 0 Å². The molecule has 1 unspecified atom stereocenters. The summed E-state index contributed by atoms with van der Waals surface area (Å²) in [5.74, 6) is -0.0125. The molecule has 1 aliphatic rings. The molecule has 4 nitrogen and oxygen atoms in total. The first-order chi connectivity index (χ1) is 8.22. The first-order valence-electron chi connectivity index (χ1n) is 5.60. The zero-order valence-electron chi connectivity index (χ0n) is 9.73. The lowest BCUT2D eigenvalue weighted by molar-refractivity contribution is 0.00491. The number of halogens is 1. The number of pyridine rings is 1. The van der Waals surface area contributed by atoms with E-state index in [0.29, 0.717) is 25.5 Å². The molecule has 2 rings (SSSR count). The van der Waals surface area contributed by atoms with Gasteiger partial charge >= 0.3 is 0 Å². The number of alkyl halides is 1. The SMILES string of the molecule is Cc1cccc(C(=O)N2CCOCC2CBr)n1. The van der Waals surface area contributed by atoms with Crippen LogP contribution in [0, 0.1) is 6.92 Å².